The van der Waals surface area contributed by atoms with E-state index in [0.717, 1.165) is 48.6 Å². The van der Waals surface area contributed by atoms with Crippen LogP contribution in [0.15, 0.2) is 233 Å². The highest BCUT2D eigenvalue weighted by Crippen LogP contribution is 2.59. The minimum Gasteiger partial charge on any atom is -0.490 e. The summed E-state index contributed by atoms with van der Waals surface area (Å²) in [5.41, 5.74) is -2.93. The van der Waals surface area contributed by atoms with Gasteiger partial charge in [-0.15, -0.1) is 0 Å². The quantitative estimate of drug-likeness (QED) is 0.00727. The van der Waals surface area contributed by atoms with Gasteiger partial charge in [-0.2, -0.15) is 52.7 Å². The highest BCUT2D eigenvalue weighted by molar-refractivity contribution is 6.45. The molecule has 760 valence electrons. The second-order valence-electron chi connectivity index (χ2n) is 36.4. The van der Waals surface area contributed by atoms with Crippen LogP contribution in [0.3, 0.4) is 0 Å². The molecular formula is C108H94F12N6O20. The highest BCUT2D eigenvalue weighted by atomic mass is 19.4. The SMILES string of the molecule is C=CC(=O)NC1CCCC(Oc2ccc(Oc3cc4c5c(cc(Oc6ccc(OC7CCCC(NC(=O)C=C)C7)cc6)c6c7c(Oc8ccc(OC9CCCC(NC(=O)C=C)C9)cc8)cc8c9c(cc(Oc%10ccc(OC%11CCCC(NC(=O)C=C)C%11)cc%10)c(c3c56)c97)C(=O)N(C(Cc3ccccc3)C(=O)OC(C(F)(F)F)C(F)(F)F)C8=O)C(=O)N(C(Cc3ccccc3)C(=O)OC(C(F)(F)F)C(F)(F)F)C4=O)cc2)C1. The van der Waals surface area contributed by atoms with Crippen molar-refractivity contribution in [3.63, 3.8) is 0 Å². The molecule has 6 aliphatic rings. The Balaban J connectivity index is 0.958. The summed E-state index contributed by atoms with van der Waals surface area (Å²) in [6.45, 7) is 14.2. The molecule has 2 heterocycles. The Morgan fingerprint density at radius 3 is 0.740 bits per heavy atom. The number of nitrogens with zero attached hydrogens (tertiary/aromatic N) is 2. The van der Waals surface area contributed by atoms with Gasteiger partial charge in [0.15, 0.2) is 0 Å². The summed E-state index contributed by atoms with van der Waals surface area (Å²) in [7, 11) is 0. The van der Waals surface area contributed by atoms with Crippen LogP contribution in [0, 0.1) is 0 Å². The molecule has 11 aromatic carbocycles. The number of ether oxygens (including phenoxy) is 10. The third-order valence-electron chi connectivity index (χ3n) is 26.4. The molecule has 10 atom stereocenters. The van der Waals surface area contributed by atoms with E-state index < -0.39 is 201 Å². The molecule has 4 N–H and O–H groups in total. The van der Waals surface area contributed by atoms with E-state index in [9.17, 15) is 71.9 Å². The lowest BCUT2D eigenvalue weighted by atomic mass is 9.80. The summed E-state index contributed by atoms with van der Waals surface area (Å²) in [6.07, 6.45) is -26.4. The Kier molecular flexibility index (Phi) is 29.5. The maximum atomic E-state index is 16.8. The molecule has 38 heteroatoms. The molecule has 11 aromatic rings. The van der Waals surface area contributed by atoms with Gasteiger partial charge in [-0.1, -0.05) is 87.0 Å². The summed E-state index contributed by atoms with van der Waals surface area (Å²) < 4.78 is 243. The van der Waals surface area contributed by atoms with E-state index in [-0.39, 0.29) is 123 Å². The largest absolute Gasteiger partial charge is 0.490 e. The molecule has 0 aromatic heterocycles. The monoisotopic (exact) mass is 2020 g/mol. The number of carbonyl (C=O) groups excluding carboxylic acids is 10. The number of halogens is 12. The van der Waals surface area contributed by atoms with Gasteiger partial charge >= 0.3 is 36.6 Å². The Morgan fingerprint density at radius 1 is 0.308 bits per heavy atom. The van der Waals surface area contributed by atoms with Crippen LogP contribution in [0.4, 0.5) is 52.7 Å². The van der Waals surface area contributed by atoms with Crippen LogP contribution in [0.1, 0.15) is 155 Å². The molecule has 4 aliphatic carbocycles. The fraction of sp³-hybridized carbons (Fsp3) is 0.315. The van der Waals surface area contributed by atoms with Crippen molar-refractivity contribution in [1.82, 2.24) is 31.1 Å². The molecular weight excluding hydrogens is 1930 g/mol. The average Bonchev–Trinajstić information content (AvgIpc) is 0.667. The number of alkyl halides is 12. The first-order chi connectivity index (χ1) is 69.7. The number of amides is 8. The van der Waals surface area contributed by atoms with Crippen molar-refractivity contribution in [2.24, 2.45) is 0 Å². The van der Waals surface area contributed by atoms with Crippen LogP contribution >= 0.6 is 0 Å². The Bertz CT molecular complexity index is 6150. The van der Waals surface area contributed by atoms with E-state index in [4.69, 9.17) is 37.9 Å². The number of fused-ring (bicyclic) bond motifs is 2. The molecule has 17 rings (SSSR count). The van der Waals surface area contributed by atoms with Gasteiger partial charge in [-0.05, 0) is 234 Å². The van der Waals surface area contributed by atoms with E-state index in [1.807, 2.05) is 0 Å². The number of rotatable bonds is 34. The van der Waals surface area contributed by atoms with Crippen molar-refractivity contribution < 1.29 is 148 Å². The summed E-state index contributed by atoms with van der Waals surface area (Å²) in [6, 6.07) is 33.9. The molecule has 2 aliphatic heterocycles. The van der Waals surface area contributed by atoms with Crippen LogP contribution in [0.25, 0.3) is 43.1 Å². The number of hydrogen-bond acceptors (Lipinski definition) is 20. The van der Waals surface area contributed by atoms with Crippen molar-refractivity contribution in [2.45, 2.75) is 213 Å². The van der Waals surface area contributed by atoms with Gasteiger partial charge in [0.1, 0.15) is 105 Å². The van der Waals surface area contributed by atoms with Crippen molar-refractivity contribution >= 4 is 102 Å². The van der Waals surface area contributed by atoms with Crippen molar-refractivity contribution in [2.75, 3.05) is 0 Å². The third kappa shape index (κ3) is 22.5. The topological polar surface area (TPSA) is 318 Å². The second-order valence-corrected chi connectivity index (χ2v) is 36.4. The number of hydrogen-bond donors (Lipinski definition) is 4. The maximum Gasteiger partial charge on any atom is 0.434 e. The summed E-state index contributed by atoms with van der Waals surface area (Å²) in [5, 5.41) is 8.66. The second kappa shape index (κ2) is 42.3. The molecule has 8 amide bonds. The molecule has 0 saturated heterocycles. The average molecular weight is 2020 g/mol. The molecule has 0 bridgehead atoms. The van der Waals surface area contributed by atoms with Crippen molar-refractivity contribution in [3.05, 3.63) is 266 Å². The maximum absolute atomic E-state index is 16.8. The van der Waals surface area contributed by atoms with Crippen LogP contribution in [-0.4, -0.2) is 167 Å². The van der Waals surface area contributed by atoms with Gasteiger partial charge in [0.25, 0.3) is 35.8 Å². The molecule has 146 heavy (non-hydrogen) atoms. The fourth-order valence-corrected chi connectivity index (χ4v) is 19.9. The predicted octanol–water partition coefficient (Wildman–Crippen LogP) is 21.4. The Morgan fingerprint density at radius 2 is 0.527 bits per heavy atom. The Labute approximate surface area is 825 Å². The Hall–Kier alpha value is -15.7. The number of nitrogens with one attached hydrogen (secondary N) is 4. The standard InChI is InChI=1S/C108H94F12N6O20/c1-5-85(127)121-59-23-15-27-71(49-59)137-63-31-39-67(40-32-63)141-81-53-75-89-76(98(132)125(97(75)131)79(47-57-19-11-9-12-20-57)101(135)145-103(105(109,110)111)106(112,113)114)55-83(143-69-43-35-65(36-44-69)139-73-29-17-25-61(51-73)123-87(129)7-3)93-94-84(144-70-45-37-66(38-46-70)140-74-30-18-26-62(52-74)124-88(130)8-4)56-78-90-77(99(133)126(100(78)134)80(48-58-21-13-10-14-22-58)102(136)146-104(107(115,116)117)108(118,119)120)54-82(92(96(90)94)91(81)95(89)93)142-68-41-33-64(34-42-68)138-72-28-16-24-60(50-72)122-86(128)6-2/h5-14,19-22,31-46,53-56,59-62,71-74,79-80,103-104H,1-4,15-18,23-30,47-52H2,(H,121,127)(H,122,128)(H,123,129)(H,124,130). The van der Waals surface area contributed by atoms with Crippen molar-refractivity contribution in [1.29, 1.82) is 0 Å². The number of esters is 2. The molecule has 0 spiro atoms. The molecule has 10 unspecified atom stereocenters. The zero-order valence-electron chi connectivity index (χ0n) is 77.7. The van der Waals surface area contributed by atoms with Gasteiger partial charge in [-0.25, -0.2) is 9.59 Å². The van der Waals surface area contributed by atoms with Crippen LogP contribution in [0.5, 0.6) is 69.0 Å². The van der Waals surface area contributed by atoms with Crippen LogP contribution in [0.2, 0.25) is 0 Å². The highest BCUT2D eigenvalue weighted by Gasteiger charge is 2.63. The fourth-order valence-electron chi connectivity index (χ4n) is 19.9. The van der Waals surface area contributed by atoms with E-state index >= 15 is 28.8 Å². The summed E-state index contributed by atoms with van der Waals surface area (Å²) >= 11 is 0. The van der Waals surface area contributed by atoms with E-state index in [2.05, 4.69) is 57.1 Å². The first-order valence-corrected chi connectivity index (χ1v) is 47.1. The minimum atomic E-state index is -6.37. The molecule has 0 radical (unpaired) electrons. The lowest BCUT2D eigenvalue weighted by molar-refractivity contribution is -0.314. The first-order valence-electron chi connectivity index (χ1n) is 47.1. The van der Waals surface area contributed by atoms with Gasteiger partial charge in [0, 0.05) is 106 Å². The van der Waals surface area contributed by atoms with E-state index in [1.165, 1.54) is 158 Å². The summed E-state index contributed by atoms with van der Waals surface area (Å²) in [4.78, 5) is 148. The molecule has 4 fully saturated rings. The molecule has 4 saturated carbocycles. The van der Waals surface area contributed by atoms with Crippen LogP contribution in [-0.2, 0) is 51.1 Å². The third-order valence-corrected chi connectivity index (χ3v) is 26.4. The van der Waals surface area contributed by atoms with Gasteiger partial charge in [-0.3, -0.25) is 48.2 Å². The normalized spacial score (nSPS) is 19.6. The number of benzene rings is 11. The zero-order chi connectivity index (χ0) is 104. The van der Waals surface area contributed by atoms with E-state index in [1.54, 1.807) is 0 Å². The van der Waals surface area contributed by atoms with E-state index in [0.29, 0.717) is 103 Å². The predicted molar refractivity (Wildman–Crippen MR) is 507 cm³/mol. The van der Waals surface area contributed by atoms with Crippen molar-refractivity contribution in [3.8, 4) is 69.0 Å². The minimum absolute atomic E-state index is 0.0496. The lowest BCUT2D eigenvalue weighted by Gasteiger charge is -2.36. The van der Waals surface area contributed by atoms with Gasteiger partial charge in [0.2, 0.25) is 23.6 Å². The number of imide groups is 2. The van der Waals surface area contributed by atoms with Gasteiger partial charge < -0.3 is 68.6 Å². The number of carbonyl (C=O) groups is 10. The zero-order valence-corrected chi connectivity index (χ0v) is 77.7. The lowest BCUT2D eigenvalue weighted by Crippen LogP contribution is -2.55. The van der Waals surface area contributed by atoms with Crippen LogP contribution < -0.4 is 59.2 Å². The first kappa shape index (κ1) is 102. The molecule has 26 nitrogen and oxygen atoms in total. The smallest absolute Gasteiger partial charge is 0.434 e. The summed E-state index contributed by atoms with van der Waals surface area (Å²) in [5.74, 6) is -14.8. The van der Waals surface area contributed by atoms with Gasteiger partial charge in [0.05, 0.1) is 22.3 Å².